The van der Waals surface area contributed by atoms with Crippen LogP contribution in [0.4, 0.5) is 0 Å². The number of methoxy groups -OCH3 is 1. The fourth-order valence-corrected chi connectivity index (χ4v) is 1.36. The molecule has 0 radical (unpaired) electrons. The number of hydrogen-bond donors (Lipinski definition) is 1. The maximum atomic E-state index is 5.52. The lowest BCUT2D eigenvalue weighted by Gasteiger charge is -2.10. The standard InChI is InChI=1S/C10H14BrNO2/c1-12-5-6-14-9-4-3-8(11)7-10(9)13-2/h3-4,7,12H,5-6H2,1-2H3. The highest BCUT2D eigenvalue weighted by atomic mass is 79.9. The van der Waals surface area contributed by atoms with E-state index in [4.69, 9.17) is 9.47 Å². The van der Waals surface area contributed by atoms with Gasteiger partial charge >= 0.3 is 0 Å². The molecule has 0 amide bonds. The summed E-state index contributed by atoms with van der Waals surface area (Å²) in [4.78, 5) is 0. The Morgan fingerprint density at radius 1 is 1.36 bits per heavy atom. The molecule has 1 rings (SSSR count). The van der Waals surface area contributed by atoms with Crippen LogP contribution in [0.5, 0.6) is 11.5 Å². The zero-order valence-corrected chi connectivity index (χ0v) is 9.93. The van der Waals surface area contributed by atoms with Crippen molar-refractivity contribution in [3.63, 3.8) is 0 Å². The van der Waals surface area contributed by atoms with Crippen LogP contribution in [0.25, 0.3) is 0 Å². The molecule has 0 heterocycles. The minimum absolute atomic E-state index is 0.633. The summed E-state index contributed by atoms with van der Waals surface area (Å²) in [6.45, 7) is 1.45. The number of benzene rings is 1. The van der Waals surface area contributed by atoms with Gasteiger partial charge in [0.1, 0.15) is 6.61 Å². The molecule has 0 bridgehead atoms. The molecule has 0 aliphatic rings. The van der Waals surface area contributed by atoms with Gasteiger partial charge in [-0.2, -0.15) is 0 Å². The zero-order valence-electron chi connectivity index (χ0n) is 8.34. The third-order valence-electron chi connectivity index (χ3n) is 1.74. The zero-order chi connectivity index (χ0) is 10.4. The van der Waals surface area contributed by atoms with E-state index in [-0.39, 0.29) is 0 Å². The second-order valence-electron chi connectivity index (χ2n) is 2.75. The predicted octanol–water partition coefficient (Wildman–Crippen LogP) is 2.06. The van der Waals surface area contributed by atoms with Gasteiger partial charge in [-0.15, -0.1) is 0 Å². The smallest absolute Gasteiger partial charge is 0.161 e. The van der Waals surface area contributed by atoms with Crippen molar-refractivity contribution in [2.24, 2.45) is 0 Å². The van der Waals surface area contributed by atoms with E-state index >= 15 is 0 Å². The van der Waals surface area contributed by atoms with Crippen molar-refractivity contribution in [1.29, 1.82) is 0 Å². The first-order chi connectivity index (χ1) is 6.77. The van der Waals surface area contributed by atoms with Gasteiger partial charge in [-0.1, -0.05) is 15.9 Å². The maximum Gasteiger partial charge on any atom is 0.161 e. The quantitative estimate of drug-likeness (QED) is 0.822. The number of likely N-dealkylation sites (N-methyl/N-ethyl adjacent to an activating group) is 1. The van der Waals surface area contributed by atoms with E-state index in [1.807, 2.05) is 25.2 Å². The normalized spacial score (nSPS) is 9.93. The molecule has 0 saturated heterocycles. The number of ether oxygens (including phenoxy) is 2. The maximum absolute atomic E-state index is 5.52. The summed E-state index contributed by atoms with van der Waals surface area (Å²) in [5.41, 5.74) is 0. The van der Waals surface area contributed by atoms with E-state index in [2.05, 4.69) is 21.2 Å². The second kappa shape index (κ2) is 5.88. The van der Waals surface area contributed by atoms with E-state index in [0.29, 0.717) is 6.61 Å². The first-order valence-corrected chi connectivity index (χ1v) is 5.18. The van der Waals surface area contributed by atoms with Crippen molar-refractivity contribution in [3.05, 3.63) is 22.7 Å². The molecule has 0 fully saturated rings. The lowest BCUT2D eigenvalue weighted by Crippen LogP contribution is -2.16. The van der Waals surface area contributed by atoms with E-state index in [1.165, 1.54) is 0 Å². The van der Waals surface area contributed by atoms with Crippen LogP contribution in [0.15, 0.2) is 22.7 Å². The number of hydrogen-bond acceptors (Lipinski definition) is 3. The highest BCUT2D eigenvalue weighted by Gasteiger charge is 2.03. The van der Waals surface area contributed by atoms with Crippen molar-refractivity contribution in [2.45, 2.75) is 0 Å². The van der Waals surface area contributed by atoms with Crippen LogP contribution in [-0.2, 0) is 0 Å². The highest BCUT2D eigenvalue weighted by Crippen LogP contribution is 2.29. The molecule has 4 heteroatoms. The first-order valence-electron chi connectivity index (χ1n) is 4.39. The van der Waals surface area contributed by atoms with Crippen molar-refractivity contribution >= 4 is 15.9 Å². The molecule has 0 spiro atoms. The van der Waals surface area contributed by atoms with Crippen molar-refractivity contribution in [3.8, 4) is 11.5 Å². The summed E-state index contributed by atoms with van der Waals surface area (Å²) in [6, 6.07) is 5.70. The Morgan fingerprint density at radius 3 is 2.79 bits per heavy atom. The molecule has 1 aromatic rings. The van der Waals surface area contributed by atoms with Crippen LogP contribution >= 0.6 is 15.9 Å². The van der Waals surface area contributed by atoms with Crippen LogP contribution in [0.2, 0.25) is 0 Å². The van der Waals surface area contributed by atoms with Gasteiger partial charge in [0.05, 0.1) is 7.11 Å². The Morgan fingerprint density at radius 2 is 2.14 bits per heavy atom. The molecule has 78 valence electrons. The predicted molar refractivity (Wildman–Crippen MR) is 60.1 cm³/mol. The molecule has 14 heavy (non-hydrogen) atoms. The van der Waals surface area contributed by atoms with Gasteiger partial charge in [0.2, 0.25) is 0 Å². The fourth-order valence-electron chi connectivity index (χ4n) is 1.02. The van der Waals surface area contributed by atoms with Gasteiger partial charge < -0.3 is 14.8 Å². The average molecular weight is 260 g/mol. The minimum atomic E-state index is 0.633. The SMILES string of the molecule is CNCCOc1ccc(Br)cc1OC. The van der Waals surface area contributed by atoms with Crippen molar-refractivity contribution < 1.29 is 9.47 Å². The molecule has 1 aromatic carbocycles. The Labute approximate surface area is 92.5 Å². The van der Waals surface area contributed by atoms with E-state index in [1.54, 1.807) is 7.11 Å². The molecular formula is C10H14BrNO2. The summed E-state index contributed by atoms with van der Waals surface area (Å²) in [7, 11) is 3.52. The van der Waals surface area contributed by atoms with Gasteiger partial charge in [-0.25, -0.2) is 0 Å². The Kier molecular flexibility index (Phi) is 4.76. The van der Waals surface area contributed by atoms with Crippen LogP contribution in [0, 0.1) is 0 Å². The van der Waals surface area contributed by atoms with Gasteiger partial charge in [0, 0.05) is 11.0 Å². The largest absolute Gasteiger partial charge is 0.493 e. The molecule has 0 saturated carbocycles. The Bertz CT molecular complexity index is 291. The third-order valence-corrected chi connectivity index (χ3v) is 2.23. The van der Waals surface area contributed by atoms with E-state index < -0.39 is 0 Å². The monoisotopic (exact) mass is 259 g/mol. The highest BCUT2D eigenvalue weighted by molar-refractivity contribution is 9.10. The summed E-state index contributed by atoms with van der Waals surface area (Å²) in [5.74, 6) is 1.52. The molecule has 0 aliphatic heterocycles. The Balaban J connectivity index is 2.65. The molecule has 0 aromatic heterocycles. The number of halogens is 1. The van der Waals surface area contributed by atoms with Gasteiger partial charge in [0.15, 0.2) is 11.5 Å². The van der Waals surface area contributed by atoms with Gasteiger partial charge in [-0.05, 0) is 25.2 Å². The molecular weight excluding hydrogens is 246 g/mol. The number of rotatable bonds is 5. The third kappa shape index (κ3) is 3.20. The van der Waals surface area contributed by atoms with Gasteiger partial charge in [0.25, 0.3) is 0 Å². The summed E-state index contributed by atoms with van der Waals surface area (Å²) in [5, 5.41) is 3.01. The second-order valence-corrected chi connectivity index (χ2v) is 3.66. The van der Waals surface area contributed by atoms with Gasteiger partial charge in [-0.3, -0.25) is 0 Å². The summed E-state index contributed by atoms with van der Waals surface area (Å²) in [6.07, 6.45) is 0. The first kappa shape index (κ1) is 11.3. The topological polar surface area (TPSA) is 30.5 Å². The molecule has 1 N–H and O–H groups in total. The number of nitrogens with one attached hydrogen (secondary N) is 1. The molecule has 3 nitrogen and oxygen atoms in total. The van der Waals surface area contributed by atoms with E-state index in [0.717, 1.165) is 22.5 Å². The van der Waals surface area contributed by atoms with Crippen LogP contribution in [-0.4, -0.2) is 27.3 Å². The van der Waals surface area contributed by atoms with Crippen LogP contribution in [0.1, 0.15) is 0 Å². The minimum Gasteiger partial charge on any atom is -0.493 e. The fraction of sp³-hybridized carbons (Fsp3) is 0.400. The Hall–Kier alpha value is -0.740. The summed E-state index contributed by atoms with van der Waals surface area (Å²) >= 11 is 3.37. The van der Waals surface area contributed by atoms with Crippen molar-refractivity contribution in [2.75, 3.05) is 27.3 Å². The molecule has 0 atom stereocenters. The summed E-state index contributed by atoms with van der Waals surface area (Å²) < 4.78 is 11.7. The van der Waals surface area contributed by atoms with E-state index in [9.17, 15) is 0 Å². The lowest BCUT2D eigenvalue weighted by molar-refractivity contribution is 0.295. The lowest BCUT2D eigenvalue weighted by atomic mass is 10.3. The molecule has 0 unspecified atom stereocenters. The van der Waals surface area contributed by atoms with Crippen LogP contribution < -0.4 is 14.8 Å². The van der Waals surface area contributed by atoms with Crippen LogP contribution in [0.3, 0.4) is 0 Å². The average Bonchev–Trinajstić information content (AvgIpc) is 2.20. The van der Waals surface area contributed by atoms with Crippen molar-refractivity contribution in [1.82, 2.24) is 5.32 Å². The molecule has 0 aliphatic carbocycles.